The summed E-state index contributed by atoms with van der Waals surface area (Å²) in [6.45, 7) is 2.15. The molecule has 25 heavy (non-hydrogen) atoms. The summed E-state index contributed by atoms with van der Waals surface area (Å²) in [5, 5.41) is 0. The number of carbonyl (C=O) groups is 1. The number of esters is 1. The lowest BCUT2D eigenvalue weighted by Crippen LogP contribution is -1.97. The average molecular weight is 364 g/mol. The maximum atomic E-state index is 10.9. The van der Waals surface area contributed by atoms with Crippen LogP contribution in [0, 0.1) is 0 Å². The lowest BCUT2D eigenvalue weighted by atomic mass is 11.2. The molecule has 0 amide bonds. The van der Waals surface area contributed by atoms with Gasteiger partial charge in [-0.2, -0.15) is 0 Å². The van der Waals surface area contributed by atoms with Crippen molar-refractivity contribution in [2.45, 2.75) is 58.3 Å². The molecule has 0 aliphatic carbocycles. The molecule has 0 spiro atoms. The Morgan fingerprint density at radius 2 is 1.00 bits per heavy atom. The molecule has 0 saturated heterocycles. The van der Waals surface area contributed by atoms with Crippen molar-refractivity contribution in [2.24, 2.45) is 0 Å². The molecule has 0 aliphatic rings. The first-order valence-electron chi connectivity index (χ1n) is 9.28. The molecule has 0 bridgehead atoms. The molecule has 0 N–H and O–H groups in total. The van der Waals surface area contributed by atoms with Crippen LogP contribution >= 0.6 is 0 Å². The average Bonchev–Trinajstić information content (AvgIpc) is 2.63. The maximum Gasteiger partial charge on any atom is 0.305 e. The minimum atomic E-state index is -0.153. The third kappa shape index (κ3) is 19.9. The smallest absolute Gasteiger partial charge is 0.305 e. The van der Waals surface area contributed by atoms with Crippen molar-refractivity contribution in [3.05, 3.63) is 72.9 Å². The number of carbonyl (C=O) groups excluding carboxylic acids is 1. The Bertz CT molecular complexity index is 476. The number of ether oxygens (including phenoxy) is 1. The lowest BCUT2D eigenvalue weighted by molar-refractivity contribution is -0.140. The van der Waals surface area contributed by atoms with Gasteiger partial charge in [0.2, 0.25) is 0 Å². The van der Waals surface area contributed by atoms with Gasteiger partial charge >= 0.3 is 5.97 Å². The molecule has 2 heteroatoms. The van der Waals surface area contributed by atoms with Crippen molar-refractivity contribution < 1.29 is 9.53 Å². The van der Waals surface area contributed by atoms with Crippen LogP contribution < -0.4 is 0 Å². The highest BCUT2D eigenvalue weighted by Gasteiger charge is 1.94. The van der Waals surface area contributed by atoms with Crippen LogP contribution in [0.25, 0.3) is 0 Å². The number of allylic oxidation sites excluding steroid dienone is 12. The van der Waals surface area contributed by atoms with Crippen LogP contribution in [0.3, 0.4) is 0 Å². The standard InChI is InChI=1S/C23H34O2/c1-3-4-5-6-7-8-9-10-11-12-13-14-15-16-17-18-19-20-21-22-23(24)25-2/h4-5,7-8,10-11,13-14,16-17,19-20H,3,6,9,12,15,18,21-22H2,1-2H3/b5-4-,8-7-,11-10-,14-13-,17-16-,20-19-/i1+1,3+1,4+1,5+1,6+1,7+1,8+1,9+1,10+1,11+1,12+1,13+1,14+1,15+1,16+1,17+1,18+1,19+1,20+1,21+1,22+1,23+1. The number of rotatable bonds is 14. The molecule has 0 radical (unpaired) electrons. The van der Waals surface area contributed by atoms with E-state index >= 15 is 0 Å². The van der Waals surface area contributed by atoms with Gasteiger partial charge in [0.1, 0.15) is 0 Å². The number of hydrogen-bond acceptors (Lipinski definition) is 2. The predicted molar refractivity (Wildman–Crippen MR) is 109 cm³/mol. The van der Waals surface area contributed by atoms with E-state index in [4.69, 9.17) is 0 Å². The zero-order valence-electron chi connectivity index (χ0n) is 15.9. The number of methoxy groups -OCH3 is 1. The van der Waals surface area contributed by atoms with Crippen LogP contribution in [0.1, 0.15) is 58.3 Å². The van der Waals surface area contributed by atoms with Gasteiger partial charge in [0.15, 0.2) is 0 Å². The Hall–Kier alpha value is -2.09. The summed E-state index contributed by atoms with van der Waals surface area (Å²) in [6.07, 6.45) is 33.3. The fourth-order valence-electron chi connectivity index (χ4n) is 1.94. The van der Waals surface area contributed by atoms with E-state index in [1.165, 1.54) is 7.11 Å². The molecule has 2 nitrogen and oxygen atoms in total. The Balaban J connectivity index is 3.53. The first-order valence-corrected chi connectivity index (χ1v) is 9.28. The molecule has 0 fully saturated rings. The summed E-state index contributed by atoms with van der Waals surface area (Å²) in [7, 11) is 1.42. The fourth-order valence-corrected chi connectivity index (χ4v) is 1.94. The fraction of sp³-hybridized carbons (Fsp3) is 0.435. The van der Waals surface area contributed by atoms with E-state index in [0.717, 1.165) is 44.9 Å². The van der Waals surface area contributed by atoms with Crippen LogP contribution in [0.2, 0.25) is 0 Å². The van der Waals surface area contributed by atoms with E-state index in [-0.39, 0.29) is 5.97 Å². The molecule has 0 aliphatic heterocycles. The van der Waals surface area contributed by atoms with E-state index in [1.54, 1.807) is 0 Å². The number of hydrogen-bond donors (Lipinski definition) is 0. The second-order valence-electron chi connectivity index (χ2n) is 5.53. The monoisotopic (exact) mass is 364 g/mol. The molecule has 0 saturated carbocycles. The summed E-state index contributed by atoms with van der Waals surface area (Å²) in [4.78, 5) is 10.9. The van der Waals surface area contributed by atoms with E-state index in [9.17, 15) is 4.79 Å². The van der Waals surface area contributed by atoms with Crippen LogP contribution in [0.15, 0.2) is 72.9 Å². The van der Waals surface area contributed by atoms with Gasteiger partial charge in [-0.3, -0.25) is 4.79 Å². The van der Waals surface area contributed by atoms with Gasteiger partial charge in [-0.25, -0.2) is 0 Å². The first kappa shape index (κ1) is 22.9. The van der Waals surface area contributed by atoms with E-state index in [0.29, 0.717) is 6.42 Å². The molecular weight excluding hydrogens is 330 g/mol. The van der Waals surface area contributed by atoms with Gasteiger partial charge in [0.25, 0.3) is 0 Å². The zero-order valence-corrected chi connectivity index (χ0v) is 15.9. The van der Waals surface area contributed by atoms with Crippen molar-refractivity contribution in [1.29, 1.82) is 0 Å². The Labute approximate surface area is 154 Å². The molecule has 0 atom stereocenters. The van der Waals surface area contributed by atoms with Crippen molar-refractivity contribution in [2.75, 3.05) is 7.11 Å². The lowest BCUT2D eigenvalue weighted by Gasteiger charge is -1.93. The van der Waals surface area contributed by atoms with Gasteiger partial charge in [-0.15, -0.1) is 0 Å². The van der Waals surface area contributed by atoms with Gasteiger partial charge in [-0.05, 0) is 44.9 Å². The second-order valence-corrected chi connectivity index (χ2v) is 5.53. The van der Waals surface area contributed by atoms with Crippen molar-refractivity contribution >= 4 is 5.97 Å². The van der Waals surface area contributed by atoms with Gasteiger partial charge < -0.3 is 4.74 Å². The van der Waals surface area contributed by atoms with E-state index in [1.807, 2.05) is 6.08 Å². The molecular formula is C23H34O2. The molecule has 0 heterocycles. The van der Waals surface area contributed by atoms with Crippen LogP contribution in [0.5, 0.6) is 0 Å². The van der Waals surface area contributed by atoms with Crippen molar-refractivity contribution in [1.82, 2.24) is 0 Å². The summed E-state index contributed by atoms with van der Waals surface area (Å²) >= 11 is 0. The highest BCUT2D eigenvalue weighted by Crippen LogP contribution is 1.98. The third-order valence-electron chi connectivity index (χ3n) is 3.34. The summed E-state index contributed by atoms with van der Waals surface area (Å²) in [5.74, 6) is -0.153. The Morgan fingerprint density at radius 1 is 0.640 bits per heavy atom. The van der Waals surface area contributed by atoms with Gasteiger partial charge in [0.05, 0.1) is 7.11 Å². The second kappa shape index (κ2) is 20.0. The van der Waals surface area contributed by atoms with E-state index in [2.05, 4.69) is 78.5 Å². The third-order valence-corrected chi connectivity index (χ3v) is 3.34. The molecule has 0 rings (SSSR count). The normalized spacial score (nSPS) is 12.9. The van der Waals surface area contributed by atoms with Gasteiger partial charge in [-0.1, -0.05) is 79.8 Å². The highest BCUT2D eigenvalue weighted by molar-refractivity contribution is 5.69. The van der Waals surface area contributed by atoms with Gasteiger partial charge in [0, 0.05) is 6.42 Å². The predicted octanol–water partition coefficient (Wildman–Crippen LogP) is 6.64. The van der Waals surface area contributed by atoms with Crippen LogP contribution in [-0.2, 0) is 9.53 Å². The summed E-state index contributed by atoms with van der Waals surface area (Å²) < 4.78 is 4.58. The topological polar surface area (TPSA) is 26.3 Å². The molecule has 0 aromatic heterocycles. The molecule has 138 valence electrons. The van der Waals surface area contributed by atoms with E-state index < -0.39 is 0 Å². The first-order chi connectivity index (χ1) is 12.3. The summed E-state index contributed by atoms with van der Waals surface area (Å²) in [5.41, 5.74) is 0. The maximum absolute atomic E-state index is 10.9. The Kier molecular flexibility index (Phi) is 18.3. The molecule has 0 aromatic rings. The minimum absolute atomic E-state index is 0.153. The van der Waals surface area contributed by atoms with Crippen LogP contribution in [0.4, 0.5) is 0 Å². The zero-order chi connectivity index (χ0) is 18.4. The molecule has 0 unspecified atom stereocenters. The van der Waals surface area contributed by atoms with Crippen molar-refractivity contribution in [3.63, 3.8) is 0 Å². The molecule has 0 aromatic carbocycles. The Morgan fingerprint density at radius 3 is 1.36 bits per heavy atom. The quantitative estimate of drug-likeness (QED) is 0.196. The van der Waals surface area contributed by atoms with Crippen molar-refractivity contribution in [3.8, 4) is 0 Å². The largest absolute Gasteiger partial charge is 0.469 e. The highest BCUT2D eigenvalue weighted by atomic mass is 16.6. The summed E-state index contributed by atoms with van der Waals surface area (Å²) in [6, 6.07) is 0. The SMILES string of the molecule is CO[13C](=O)[13CH2][13CH2]/[13CH]=[13CH]\[13CH2]/[13CH]=[13CH]\[13CH2]/[13CH]=[13CH]\[13CH2]/[13CH]=[13CH]\[13CH2]/[13CH]=[13CH]\[13CH2]/[13CH]=[13CH]\[13CH2][13CH3]. The van der Waals surface area contributed by atoms with Crippen LogP contribution in [-0.4, -0.2) is 13.1 Å². The minimum Gasteiger partial charge on any atom is -0.469 e.